The number of nitriles is 1. The molecule has 1 aromatic rings. The molecule has 0 radical (unpaired) electrons. The summed E-state index contributed by atoms with van der Waals surface area (Å²) in [5.41, 5.74) is 0.255. The van der Waals surface area contributed by atoms with E-state index in [0.29, 0.717) is 12.1 Å². The summed E-state index contributed by atoms with van der Waals surface area (Å²) in [6.07, 6.45) is -9.98. The molecule has 1 aliphatic rings. The van der Waals surface area contributed by atoms with Crippen molar-refractivity contribution in [3.63, 3.8) is 0 Å². The predicted molar refractivity (Wildman–Crippen MR) is 76.8 cm³/mol. The van der Waals surface area contributed by atoms with Crippen LogP contribution in [0.2, 0.25) is 10.0 Å². The number of benzene rings is 1. The van der Waals surface area contributed by atoms with Crippen LogP contribution < -0.4 is 11.2 Å². The van der Waals surface area contributed by atoms with Gasteiger partial charge in [-0.1, -0.05) is 23.2 Å². The molecular weight excluding hydrogens is 417 g/mol. The molecule has 2 rings (SSSR count). The highest BCUT2D eigenvalue weighted by molar-refractivity contribution is 7.44. The number of hydrogen-bond acceptors (Lipinski definition) is 3. The van der Waals surface area contributed by atoms with Crippen molar-refractivity contribution >= 4 is 35.6 Å². The average Bonchev–Trinajstić information content (AvgIpc) is 2.68. The van der Waals surface area contributed by atoms with Gasteiger partial charge in [0.1, 0.15) is 6.07 Å². The van der Waals surface area contributed by atoms with Crippen molar-refractivity contribution in [3.05, 3.63) is 44.6 Å². The van der Waals surface area contributed by atoms with Crippen LogP contribution in [0.3, 0.4) is 0 Å². The lowest BCUT2D eigenvalue weighted by Crippen LogP contribution is -2.51. The minimum Gasteiger partial charge on any atom is -0.258 e. The summed E-state index contributed by atoms with van der Waals surface area (Å²) >= 11 is 16.2. The molecule has 0 spiro atoms. The average molecular weight is 422 g/mol. The van der Waals surface area contributed by atoms with Crippen LogP contribution in [-0.4, -0.2) is 10.2 Å². The Morgan fingerprint density at radius 2 is 1.60 bits per heavy atom. The lowest BCUT2D eigenvalue weighted by molar-refractivity contribution is -0.617. The normalized spacial score (nSPS) is 21.4. The molecular formula is C12H5Cl2F6N4S+. The van der Waals surface area contributed by atoms with Crippen LogP contribution in [0.25, 0.3) is 0 Å². The van der Waals surface area contributed by atoms with Crippen LogP contribution in [0.4, 0.5) is 26.3 Å². The fraction of sp³-hybridized carbons (Fsp3) is 0.250. The standard InChI is InChI=1S/C12H5Cl2F6N4S/c13-5-1-4(11(15,16)17)2-6(14)8(5)10(22)9(12(18,19)20)7(3-21)23-24(10)25/h1-2H,22H2,(H,23,25)/q+1. The second kappa shape index (κ2) is 5.98. The molecule has 0 aromatic heterocycles. The van der Waals surface area contributed by atoms with E-state index in [0.717, 1.165) is 0 Å². The van der Waals surface area contributed by atoms with Gasteiger partial charge < -0.3 is 0 Å². The van der Waals surface area contributed by atoms with Gasteiger partial charge in [-0.2, -0.15) is 31.6 Å². The number of hydrogen-bond donors (Lipinski definition) is 2. The molecule has 4 nitrogen and oxygen atoms in total. The first kappa shape index (κ1) is 19.7. The van der Waals surface area contributed by atoms with Crippen molar-refractivity contribution in [2.45, 2.75) is 18.0 Å². The van der Waals surface area contributed by atoms with Crippen molar-refractivity contribution < 1.29 is 30.4 Å². The van der Waals surface area contributed by atoms with E-state index in [1.807, 2.05) is 5.43 Å². The quantitative estimate of drug-likeness (QED) is 0.535. The number of nitrogens with one attached hydrogen (secondary N) is 1. The summed E-state index contributed by atoms with van der Waals surface area (Å²) < 4.78 is 78.9. The number of alkyl halides is 6. The van der Waals surface area contributed by atoms with Gasteiger partial charge in [0.05, 0.1) is 21.2 Å². The number of hydrazine groups is 1. The predicted octanol–water partition coefficient (Wildman–Crippen LogP) is 3.72. The zero-order valence-electron chi connectivity index (χ0n) is 11.6. The zero-order chi connectivity index (χ0) is 19.4. The molecule has 13 heteroatoms. The minimum atomic E-state index is -5.14. The van der Waals surface area contributed by atoms with Crippen molar-refractivity contribution in [2.24, 2.45) is 5.73 Å². The highest BCUT2D eigenvalue weighted by atomic mass is 35.5. The van der Waals surface area contributed by atoms with Gasteiger partial charge in [-0.15, -0.1) is 5.43 Å². The highest BCUT2D eigenvalue weighted by Gasteiger charge is 2.64. The fourth-order valence-corrected chi connectivity index (χ4v) is 3.35. The van der Waals surface area contributed by atoms with Crippen molar-refractivity contribution in [1.29, 1.82) is 5.26 Å². The second-order valence-electron chi connectivity index (χ2n) is 4.84. The lowest BCUT2D eigenvalue weighted by Gasteiger charge is -2.24. The molecule has 0 aliphatic carbocycles. The first-order chi connectivity index (χ1) is 11.2. The van der Waals surface area contributed by atoms with E-state index in [2.05, 4.69) is 0 Å². The number of nitrogens with two attached hydrogens (primary N) is 1. The van der Waals surface area contributed by atoms with E-state index in [4.69, 9.17) is 46.6 Å². The molecule has 0 saturated heterocycles. The van der Waals surface area contributed by atoms with Crippen LogP contribution in [-0.2, 0) is 24.3 Å². The van der Waals surface area contributed by atoms with Gasteiger partial charge in [-0.25, -0.2) is 0 Å². The van der Waals surface area contributed by atoms with E-state index in [1.54, 1.807) is 0 Å². The Labute approximate surface area is 151 Å². The zero-order valence-corrected chi connectivity index (χ0v) is 13.9. The van der Waals surface area contributed by atoms with Crippen molar-refractivity contribution in [2.75, 3.05) is 0 Å². The first-order valence-electron chi connectivity index (χ1n) is 6.06. The largest absolute Gasteiger partial charge is 0.424 e. The molecule has 1 atom stereocenters. The van der Waals surface area contributed by atoms with Crippen LogP contribution in [0, 0.1) is 11.3 Å². The van der Waals surface area contributed by atoms with Crippen LogP contribution in [0.5, 0.6) is 0 Å². The van der Waals surface area contributed by atoms with Crippen molar-refractivity contribution in [1.82, 2.24) is 5.43 Å². The van der Waals surface area contributed by atoms with E-state index >= 15 is 0 Å². The Morgan fingerprint density at radius 3 is 1.96 bits per heavy atom. The van der Waals surface area contributed by atoms with Gasteiger partial charge in [0.15, 0.2) is 11.3 Å². The highest BCUT2D eigenvalue weighted by Crippen LogP contribution is 2.48. The minimum absolute atomic E-state index is 0.286. The van der Waals surface area contributed by atoms with Gasteiger partial charge in [0.2, 0.25) is 0 Å². The number of nitrogens with zero attached hydrogens (tertiary/aromatic N) is 2. The number of allylic oxidation sites excluding steroid dienone is 1. The summed E-state index contributed by atoms with van der Waals surface area (Å²) in [5.74, 6) is 0. The third-order valence-electron chi connectivity index (χ3n) is 3.31. The maximum absolute atomic E-state index is 13.4. The van der Waals surface area contributed by atoms with Crippen LogP contribution in [0.15, 0.2) is 23.4 Å². The maximum Gasteiger partial charge on any atom is 0.424 e. The molecule has 134 valence electrons. The SMILES string of the molecule is N#CC1=C(C(F)(F)F)C(N)(c2c(Cl)cc(C(F)(F)F)cc2Cl)[N+](=S)N1. The fourth-order valence-electron chi connectivity index (χ4n) is 2.30. The van der Waals surface area contributed by atoms with E-state index in [9.17, 15) is 26.3 Å². The lowest BCUT2D eigenvalue weighted by atomic mass is 9.90. The monoisotopic (exact) mass is 421 g/mol. The van der Waals surface area contributed by atoms with Gasteiger partial charge in [0.25, 0.3) is 0 Å². The van der Waals surface area contributed by atoms with E-state index in [1.165, 1.54) is 6.07 Å². The smallest absolute Gasteiger partial charge is 0.258 e. The topological polar surface area (TPSA) is 64.8 Å². The third kappa shape index (κ3) is 3.15. The Balaban J connectivity index is 2.82. The maximum atomic E-state index is 13.4. The summed E-state index contributed by atoms with van der Waals surface area (Å²) in [7, 11) is 0. The molecule has 1 heterocycles. The second-order valence-corrected chi connectivity index (χ2v) is 6.02. The summed E-state index contributed by atoms with van der Waals surface area (Å²) in [6, 6.07) is 1.99. The van der Waals surface area contributed by atoms with E-state index in [-0.39, 0.29) is 4.05 Å². The van der Waals surface area contributed by atoms with Crippen LogP contribution in [0.1, 0.15) is 11.1 Å². The molecule has 1 aromatic carbocycles. The Kier molecular flexibility index (Phi) is 4.71. The molecule has 0 fully saturated rings. The number of halogens is 8. The molecule has 0 amide bonds. The van der Waals surface area contributed by atoms with Crippen LogP contribution >= 0.6 is 23.2 Å². The molecule has 0 bridgehead atoms. The molecule has 25 heavy (non-hydrogen) atoms. The summed E-state index contributed by atoms with van der Waals surface area (Å²) in [6.45, 7) is 0. The summed E-state index contributed by atoms with van der Waals surface area (Å²) in [4.78, 5) is 0. The molecule has 3 N–H and O–H groups in total. The van der Waals surface area contributed by atoms with Gasteiger partial charge >= 0.3 is 30.4 Å². The van der Waals surface area contributed by atoms with Crippen molar-refractivity contribution in [3.8, 4) is 6.07 Å². The summed E-state index contributed by atoms with van der Waals surface area (Å²) in [5, 5.41) is 7.29. The molecule has 1 aliphatic heterocycles. The van der Waals surface area contributed by atoms with Gasteiger partial charge in [0, 0.05) is 0 Å². The number of rotatable bonds is 1. The molecule has 1 unspecified atom stereocenters. The first-order valence-corrected chi connectivity index (χ1v) is 7.18. The molecule has 0 saturated carbocycles. The van der Waals surface area contributed by atoms with E-state index < -0.39 is 50.5 Å². The van der Waals surface area contributed by atoms with Gasteiger partial charge in [-0.05, 0) is 16.2 Å². The third-order valence-corrected chi connectivity index (χ3v) is 4.29. The Bertz CT molecular complexity index is 818. The van der Waals surface area contributed by atoms with Gasteiger partial charge in [-0.3, -0.25) is 5.73 Å². The Morgan fingerprint density at radius 1 is 1.12 bits per heavy atom. The Hall–Kier alpha value is -1.61.